The van der Waals surface area contributed by atoms with Crippen LogP contribution in [0.3, 0.4) is 0 Å². The summed E-state index contributed by atoms with van der Waals surface area (Å²) < 4.78 is 6.88. The van der Waals surface area contributed by atoms with E-state index in [4.69, 9.17) is 10.5 Å². The Morgan fingerprint density at radius 1 is 1.15 bits per heavy atom. The molecule has 0 aliphatic rings. The van der Waals surface area contributed by atoms with Crippen LogP contribution >= 0.6 is 15.9 Å². The van der Waals surface area contributed by atoms with Gasteiger partial charge in [0.1, 0.15) is 12.4 Å². The Hall–Kier alpha value is -1.52. The van der Waals surface area contributed by atoms with Crippen molar-refractivity contribution in [2.75, 3.05) is 19.0 Å². The van der Waals surface area contributed by atoms with Gasteiger partial charge in [0, 0.05) is 42.4 Å². The van der Waals surface area contributed by atoms with Crippen molar-refractivity contribution in [2.24, 2.45) is 5.73 Å². The van der Waals surface area contributed by atoms with Crippen molar-refractivity contribution >= 4 is 21.6 Å². The van der Waals surface area contributed by atoms with Crippen LogP contribution in [0.15, 0.2) is 46.9 Å². The Bertz CT molecular complexity index is 584. The normalized spacial score (nSPS) is 10.4. The molecule has 20 heavy (non-hydrogen) atoms. The second-order valence-electron chi connectivity index (χ2n) is 4.81. The molecular formula is C16H19BrN2O. The fourth-order valence-corrected chi connectivity index (χ4v) is 2.39. The van der Waals surface area contributed by atoms with E-state index >= 15 is 0 Å². The number of hydrogen-bond donors (Lipinski definition) is 1. The van der Waals surface area contributed by atoms with E-state index in [2.05, 4.69) is 26.9 Å². The molecule has 0 saturated carbocycles. The second-order valence-corrected chi connectivity index (χ2v) is 5.66. The predicted molar refractivity (Wildman–Crippen MR) is 87.1 cm³/mol. The lowest BCUT2D eigenvalue weighted by Gasteiger charge is -2.14. The van der Waals surface area contributed by atoms with E-state index in [0.717, 1.165) is 27.0 Å². The molecule has 3 nitrogen and oxygen atoms in total. The molecule has 0 aliphatic carbocycles. The molecular weight excluding hydrogens is 316 g/mol. The lowest BCUT2D eigenvalue weighted by molar-refractivity contribution is 0.305. The summed E-state index contributed by atoms with van der Waals surface area (Å²) in [6.45, 7) is 1.08. The van der Waals surface area contributed by atoms with E-state index in [1.807, 2.05) is 50.5 Å². The van der Waals surface area contributed by atoms with E-state index in [0.29, 0.717) is 13.2 Å². The van der Waals surface area contributed by atoms with Crippen LogP contribution in [0.4, 0.5) is 5.69 Å². The third-order valence-corrected chi connectivity index (χ3v) is 3.82. The fraction of sp³-hybridized carbons (Fsp3) is 0.250. The number of rotatable bonds is 5. The van der Waals surface area contributed by atoms with Gasteiger partial charge in [0.05, 0.1) is 0 Å². The summed E-state index contributed by atoms with van der Waals surface area (Å²) in [5, 5.41) is 0. The fourth-order valence-electron chi connectivity index (χ4n) is 1.85. The van der Waals surface area contributed by atoms with Crippen molar-refractivity contribution in [2.45, 2.75) is 13.2 Å². The Balaban J connectivity index is 2.07. The van der Waals surface area contributed by atoms with Crippen molar-refractivity contribution in [1.82, 2.24) is 0 Å². The number of nitrogens with two attached hydrogens (primary N) is 1. The number of nitrogens with zero attached hydrogens (tertiary/aromatic N) is 1. The van der Waals surface area contributed by atoms with Gasteiger partial charge in [-0.3, -0.25) is 0 Å². The van der Waals surface area contributed by atoms with Gasteiger partial charge in [-0.25, -0.2) is 0 Å². The van der Waals surface area contributed by atoms with E-state index < -0.39 is 0 Å². The van der Waals surface area contributed by atoms with E-state index in [9.17, 15) is 0 Å². The number of anilines is 1. The summed E-state index contributed by atoms with van der Waals surface area (Å²) in [6.07, 6.45) is 0. The van der Waals surface area contributed by atoms with Crippen molar-refractivity contribution in [3.63, 3.8) is 0 Å². The van der Waals surface area contributed by atoms with Crippen LogP contribution in [-0.4, -0.2) is 14.1 Å². The van der Waals surface area contributed by atoms with E-state index in [1.165, 1.54) is 0 Å². The highest BCUT2D eigenvalue weighted by Crippen LogP contribution is 2.23. The van der Waals surface area contributed by atoms with E-state index in [-0.39, 0.29) is 0 Å². The maximum absolute atomic E-state index is 5.85. The molecule has 0 fully saturated rings. The van der Waals surface area contributed by atoms with Crippen LogP contribution in [0.2, 0.25) is 0 Å². The van der Waals surface area contributed by atoms with Crippen molar-refractivity contribution in [3.05, 3.63) is 58.1 Å². The zero-order chi connectivity index (χ0) is 14.5. The summed E-state index contributed by atoms with van der Waals surface area (Å²) in [6, 6.07) is 14.2. The van der Waals surface area contributed by atoms with Crippen LogP contribution in [0.5, 0.6) is 5.75 Å². The SMILES string of the molecule is CN(C)c1cccc(OCc2ccc(CN)cc2Br)c1. The third-order valence-electron chi connectivity index (χ3n) is 3.08. The monoisotopic (exact) mass is 334 g/mol. The molecule has 0 amide bonds. The summed E-state index contributed by atoms with van der Waals surface area (Å²) >= 11 is 3.56. The molecule has 0 aromatic heterocycles. The summed E-state index contributed by atoms with van der Waals surface area (Å²) in [7, 11) is 4.03. The first-order valence-electron chi connectivity index (χ1n) is 6.47. The van der Waals surface area contributed by atoms with Gasteiger partial charge in [0.15, 0.2) is 0 Å². The smallest absolute Gasteiger partial charge is 0.121 e. The topological polar surface area (TPSA) is 38.5 Å². The largest absolute Gasteiger partial charge is 0.489 e. The summed E-state index contributed by atoms with van der Waals surface area (Å²) in [4.78, 5) is 2.05. The number of ether oxygens (including phenoxy) is 1. The quantitative estimate of drug-likeness (QED) is 0.908. The van der Waals surface area contributed by atoms with Gasteiger partial charge in [-0.1, -0.05) is 34.1 Å². The van der Waals surface area contributed by atoms with Gasteiger partial charge in [-0.2, -0.15) is 0 Å². The molecule has 0 aliphatic heterocycles. The molecule has 0 bridgehead atoms. The molecule has 106 valence electrons. The first-order chi connectivity index (χ1) is 9.60. The summed E-state index contributed by atoms with van der Waals surface area (Å²) in [5.74, 6) is 0.867. The Kier molecular flexibility index (Phi) is 5.04. The van der Waals surface area contributed by atoms with Gasteiger partial charge in [0.2, 0.25) is 0 Å². The molecule has 0 saturated heterocycles. The van der Waals surface area contributed by atoms with Crippen molar-refractivity contribution < 1.29 is 4.74 Å². The first kappa shape index (κ1) is 14.9. The lowest BCUT2D eigenvalue weighted by Crippen LogP contribution is -2.08. The molecule has 2 aromatic carbocycles. The van der Waals surface area contributed by atoms with Crippen LogP contribution in [-0.2, 0) is 13.2 Å². The average Bonchev–Trinajstić information content (AvgIpc) is 2.46. The molecule has 2 aromatic rings. The molecule has 0 spiro atoms. The van der Waals surface area contributed by atoms with Gasteiger partial charge >= 0.3 is 0 Å². The molecule has 2 rings (SSSR count). The zero-order valence-electron chi connectivity index (χ0n) is 11.8. The Morgan fingerprint density at radius 3 is 2.60 bits per heavy atom. The zero-order valence-corrected chi connectivity index (χ0v) is 13.4. The molecule has 4 heteroatoms. The molecule has 0 radical (unpaired) electrons. The molecule has 0 heterocycles. The maximum atomic E-state index is 5.85. The van der Waals surface area contributed by atoms with Crippen molar-refractivity contribution in [3.8, 4) is 5.75 Å². The van der Waals surface area contributed by atoms with Crippen LogP contribution in [0.25, 0.3) is 0 Å². The number of benzene rings is 2. The van der Waals surface area contributed by atoms with Crippen molar-refractivity contribution in [1.29, 1.82) is 0 Å². The highest BCUT2D eigenvalue weighted by atomic mass is 79.9. The standard InChI is InChI=1S/C16H19BrN2O/c1-19(2)14-4-3-5-15(9-14)20-11-13-7-6-12(10-18)8-16(13)17/h3-9H,10-11,18H2,1-2H3. The second kappa shape index (κ2) is 6.77. The Labute approximate surface area is 128 Å². The average molecular weight is 335 g/mol. The lowest BCUT2D eigenvalue weighted by atomic mass is 10.1. The van der Waals surface area contributed by atoms with Gasteiger partial charge in [0.25, 0.3) is 0 Å². The minimum absolute atomic E-state index is 0.530. The van der Waals surface area contributed by atoms with Crippen LogP contribution in [0, 0.1) is 0 Å². The first-order valence-corrected chi connectivity index (χ1v) is 7.27. The Morgan fingerprint density at radius 2 is 1.95 bits per heavy atom. The highest BCUT2D eigenvalue weighted by molar-refractivity contribution is 9.10. The van der Waals surface area contributed by atoms with Gasteiger partial charge in [-0.05, 0) is 23.8 Å². The molecule has 2 N–H and O–H groups in total. The minimum Gasteiger partial charge on any atom is -0.489 e. The number of hydrogen-bond acceptors (Lipinski definition) is 3. The third kappa shape index (κ3) is 3.74. The number of halogens is 1. The van der Waals surface area contributed by atoms with Gasteiger partial charge in [-0.15, -0.1) is 0 Å². The minimum atomic E-state index is 0.530. The summed E-state index contributed by atoms with van der Waals surface area (Å²) in [5.41, 5.74) is 8.96. The van der Waals surface area contributed by atoms with Crippen LogP contribution in [0.1, 0.15) is 11.1 Å². The predicted octanol–water partition coefficient (Wildman–Crippen LogP) is 3.55. The van der Waals surface area contributed by atoms with E-state index in [1.54, 1.807) is 0 Å². The molecule has 0 unspecified atom stereocenters. The van der Waals surface area contributed by atoms with Gasteiger partial charge < -0.3 is 15.4 Å². The molecule has 0 atom stereocenters. The van der Waals surface area contributed by atoms with Crippen LogP contribution < -0.4 is 15.4 Å². The maximum Gasteiger partial charge on any atom is 0.121 e. The highest BCUT2D eigenvalue weighted by Gasteiger charge is 2.03.